The maximum Gasteiger partial charge on any atom is 0.164 e. The van der Waals surface area contributed by atoms with Gasteiger partial charge in [0, 0.05) is 65.6 Å². The van der Waals surface area contributed by atoms with E-state index in [0.717, 1.165) is 75.7 Å². The van der Waals surface area contributed by atoms with Crippen molar-refractivity contribution in [1.82, 2.24) is 19.9 Å². The number of rotatable bonds is 5. The van der Waals surface area contributed by atoms with Gasteiger partial charge in [0.05, 0.1) is 11.6 Å². The second-order valence-electron chi connectivity index (χ2n) is 12.7. The van der Waals surface area contributed by atoms with Crippen molar-refractivity contribution in [2.24, 2.45) is 0 Å². The number of fused-ring (bicyclic) bond motifs is 6. The lowest BCUT2D eigenvalue weighted by Crippen LogP contribution is -2.00. The number of furan rings is 1. The first-order valence-electron chi connectivity index (χ1n) is 16.8. The predicted molar refractivity (Wildman–Crippen MR) is 210 cm³/mol. The van der Waals surface area contributed by atoms with Gasteiger partial charge < -0.3 is 4.42 Å². The maximum atomic E-state index is 9.47. The highest BCUT2D eigenvalue weighted by atomic mass is 32.1. The summed E-state index contributed by atoms with van der Waals surface area (Å²) in [6, 6.07) is 49.4. The molecule has 0 spiro atoms. The van der Waals surface area contributed by atoms with Crippen LogP contribution in [0.2, 0.25) is 0 Å². The highest BCUT2D eigenvalue weighted by Crippen LogP contribution is 2.39. The number of thiophene rings is 1. The van der Waals surface area contributed by atoms with Crippen molar-refractivity contribution < 1.29 is 4.42 Å². The summed E-state index contributed by atoms with van der Waals surface area (Å²) in [6.45, 7) is 0. The van der Waals surface area contributed by atoms with E-state index in [1.807, 2.05) is 85.1 Å². The van der Waals surface area contributed by atoms with E-state index < -0.39 is 0 Å². The van der Waals surface area contributed by atoms with E-state index in [2.05, 4.69) is 71.7 Å². The summed E-state index contributed by atoms with van der Waals surface area (Å²) in [5.74, 6) is 1.71. The molecule has 10 aromatic rings. The molecular weight excluding hydrogens is 659 g/mol. The van der Waals surface area contributed by atoms with Crippen LogP contribution in [0.25, 0.3) is 98.5 Å². The Labute approximate surface area is 302 Å². The predicted octanol–water partition coefficient (Wildman–Crippen LogP) is 11.7. The zero-order chi connectivity index (χ0) is 34.6. The van der Waals surface area contributed by atoms with Gasteiger partial charge in [-0.1, -0.05) is 78.9 Å². The Morgan fingerprint density at radius 3 is 1.90 bits per heavy atom. The number of pyridine rings is 1. The van der Waals surface area contributed by atoms with Gasteiger partial charge in [0.15, 0.2) is 17.5 Å². The third kappa shape index (κ3) is 5.18. The molecule has 242 valence electrons. The Balaban J connectivity index is 1.17. The van der Waals surface area contributed by atoms with Gasteiger partial charge in [-0.2, -0.15) is 5.26 Å². The molecule has 0 radical (unpaired) electrons. The molecule has 4 aromatic heterocycles. The first kappa shape index (κ1) is 29.9. The third-order valence-corrected chi connectivity index (χ3v) is 10.5. The van der Waals surface area contributed by atoms with Gasteiger partial charge in [-0.25, -0.2) is 15.0 Å². The molecule has 6 nitrogen and oxygen atoms in total. The fourth-order valence-corrected chi connectivity index (χ4v) is 8.05. The first-order valence-corrected chi connectivity index (χ1v) is 17.6. The van der Waals surface area contributed by atoms with Crippen molar-refractivity contribution in [3.8, 4) is 62.5 Å². The number of aromatic nitrogens is 4. The molecule has 10 rings (SSSR count). The Morgan fingerprint density at radius 1 is 0.462 bits per heavy atom. The molecule has 0 unspecified atom stereocenters. The summed E-state index contributed by atoms with van der Waals surface area (Å²) >= 11 is 1.70. The highest BCUT2D eigenvalue weighted by Gasteiger charge is 2.17. The van der Waals surface area contributed by atoms with Crippen LogP contribution in [0.4, 0.5) is 0 Å². The maximum absolute atomic E-state index is 9.47. The lowest BCUT2D eigenvalue weighted by atomic mass is 9.96. The molecule has 0 aliphatic carbocycles. The van der Waals surface area contributed by atoms with Crippen LogP contribution in [0.1, 0.15) is 5.56 Å². The topological polar surface area (TPSA) is 88.5 Å². The van der Waals surface area contributed by atoms with Crippen LogP contribution < -0.4 is 0 Å². The van der Waals surface area contributed by atoms with Crippen molar-refractivity contribution in [2.75, 3.05) is 0 Å². The normalized spacial score (nSPS) is 11.4. The molecule has 0 N–H and O–H groups in total. The van der Waals surface area contributed by atoms with Crippen LogP contribution in [0.3, 0.4) is 0 Å². The molecule has 0 bridgehead atoms. The zero-order valence-electron chi connectivity index (χ0n) is 27.5. The second-order valence-corrected chi connectivity index (χ2v) is 13.7. The smallest absolute Gasteiger partial charge is 0.164 e. The lowest BCUT2D eigenvalue weighted by Gasteiger charge is -2.12. The average molecular weight is 684 g/mol. The van der Waals surface area contributed by atoms with Crippen molar-refractivity contribution >= 4 is 53.4 Å². The van der Waals surface area contributed by atoms with Crippen molar-refractivity contribution in [1.29, 1.82) is 5.26 Å². The summed E-state index contributed by atoms with van der Waals surface area (Å²) in [5.41, 5.74) is 8.98. The van der Waals surface area contributed by atoms with Crippen LogP contribution >= 0.6 is 11.3 Å². The quantitative estimate of drug-likeness (QED) is 0.179. The van der Waals surface area contributed by atoms with Gasteiger partial charge in [0.1, 0.15) is 11.2 Å². The summed E-state index contributed by atoms with van der Waals surface area (Å²) < 4.78 is 8.50. The molecule has 0 atom stereocenters. The minimum Gasteiger partial charge on any atom is -0.456 e. The van der Waals surface area contributed by atoms with E-state index in [1.54, 1.807) is 17.5 Å². The van der Waals surface area contributed by atoms with Gasteiger partial charge >= 0.3 is 0 Å². The Kier molecular flexibility index (Phi) is 6.95. The molecule has 6 aromatic carbocycles. The molecule has 0 saturated carbocycles. The van der Waals surface area contributed by atoms with Gasteiger partial charge in [-0.15, -0.1) is 11.3 Å². The molecule has 7 heteroatoms. The average Bonchev–Trinajstić information content (AvgIpc) is 3.78. The molecule has 0 aliphatic rings. The lowest BCUT2D eigenvalue weighted by molar-refractivity contribution is 0.669. The van der Waals surface area contributed by atoms with E-state index in [4.69, 9.17) is 19.4 Å². The largest absolute Gasteiger partial charge is 0.456 e. The number of hydrogen-bond acceptors (Lipinski definition) is 7. The van der Waals surface area contributed by atoms with Gasteiger partial charge in [0.25, 0.3) is 0 Å². The number of nitriles is 1. The Hall–Kier alpha value is -7.01. The van der Waals surface area contributed by atoms with Gasteiger partial charge in [-0.3, -0.25) is 4.98 Å². The van der Waals surface area contributed by atoms with Crippen LogP contribution in [0.5, 0.6) is 0 Å². The third-order valence-electron chi connectivity index (χ3n) is 9.43. The monoisotopic (exact) mass is 683 g/mol. The molecule has 4 heterocycles. The van der Waals surface area contributed by atoms with Gasteiger partial charge in [-0.05, 0) is 77.4 Å². The van der Waals surface area contributed by atoms with Crippen molar-refractivity contribution in [3.05, 3.63) is 157 Å². The van der Waals surface area contributed by atoms with Crippen LogP contribution in [-0.4, -0.2) is 19.9 Å². The number of para-hydroxylation sites is 1. The molecule has 0 saturated heterocycles. The first-order chi connectivity index (χ1) is 25.7. The number of hydrogen-bond donors (Lipinski definition) is 0. The van der Waals surface area contributed by atoms with Crippen molar-refractivity contribution in [2.45, 2.75) is 0 Å². The van der Waals surface area contributed by atoms with Crippen LogP contribution in [-0.2, 0) is 0 Å². The Morgan fingerprint density at radius 2 is 1.10 bits per heavy atom. The molecule has 0 fully saturated rings. The fourth-order valence-electron chi connectivity index (χ4n) is 6.87. The number of benzene rings is 6. The van der Waals surface area contributed by atoms with E-state index >= 15 is 0 Å². The summed E-state index contributed by atoms with van der Waals surface area (Å²) in [4.78, 5) is 19.6. The number of nitrogens with zero attached hydrogens (tertiary/aromatic N) is 5. The van der Waals surface area contributed by atoms with Crippen molar-refractivity contribution in [3.63, 3.8) is 0 Å². The van der Waals surface area contributed by atoms with E-state index in [1.165, 1.54) is 5.39 Å². The zero-order valence-corrected chi connectivity index (χ0v) is 28.3. The molecule has 52 heavy (non-hydrogen) atoms. The molecular formula is C45H25N5OS. The van der Waals surface area contributed by atoms with Gasteiger partial charge in [0.2, 0.25) is 0 Å². The minimum atomic E-state index is 0.558. The summed E-state index contributed by atoms with van der Waals surface area (Å²) in [5, 5.41) is 13.9. The highest BCUT2D eigenvalue weighted by molar-refractivity contribution is 7.25. The Bertz CT molecular complexity index is 3030. The van der Waals surface area contributed by atoms with Crippen LogP contribution in [0.15, 0.2) is 156 Å². The van der Waals surface area contributed by atoms with E-state index in [-0.39, 0.29) is 0 Å². The standard InChI is InChI=1S/C45H25N5OS/c46-25-27-12-15-37-38-17-13-29(24-42(38)52-41(37)19-27)32-20-33(31-9-6-18-47-26-31)22-34(21-32)45-49-43(28-7-2-1-3-8-28)48-44(50-45)30-14-16-36-35-10-4-5-11-39(35)51-40(36)23-30/h1-24,26H. The van der Waals surface area contributed by atoms with E-state index in [0.29, 0.717) is 23.0 Å². The fraction of sp³-hybridized carbons (Fsp3) is 0. The minimum absolute atomic E-state index is 0.558. The SMILES string of the molecule is N#Cc1ccc2c(c1)sc1cc(-c3cc(-c4cccnc4)cc(-c4nc(-c5ccccc5)nc(-c5ccc6c(c5)oc5ccccc56)n4)c3)ccc12. The van der Waals surface area contributed by atoms with Crippen LogP contribution in [0, 0.1) is 11.3 Å². The van der Waals surface area contributed by atoms with E-state index in [9.17, 15) is 5.26 Å². The molecule has 0 aliphatic heterocycles. The summed E-state index contributed by atoms with van der Waals surface area (Å²) in [7, 11) is 0. The molecule has 0 amide bonds. The second kappa shape index (κ2) is 12.1. The summed E-state index contributed by atoms with van der Waals surface area (Å²) in [6.07, 6.45) is 3.66.